The molecule has 0 spiro atoms. The molecule has 3 rings (SSSR count). The molecule has 1 saturated heterocycles. The van der Waals surface area contributed by atoms with Crippen molar-refractivity contribution in [2.24, 2.45) is 5.14 Å². The van der Waals surface area contributed by atoms with Gasteiger partial charge in [-0.15, -0.1) is 0 Å². The van der Waals surface area contributed by atoms with Crippen molar-refractivity contribution >= 4 is 31.7 Å². The summed E-state index contributed by atoms with van der Waals surface area (Å²) >= 11 is 0. The normalized spacial score (nSPS) is 22.2. The minimum Gasteiger partial charge on any atom is -0.450 e. The Morgan fingerprint density at radius 3 is 2.39 bits per heavy atom. The SMILES string of the molecule is NS(=O)(=O)c1ccc(C(=O)OCC(=O)N(C2CCCC2)C2CCS(=O)(=O)C2)o1. The zero-order valence-corrected chi connectivity index (χ0v) is 16.7. The minimum atomic E-state index is -4.10. The Balaban J connectivity index is 1.66. The van der Waals surface area contributed by atoms with Gasteiger partial charge in [-0.1, -0.05) is 12.8 Å². The third kappa shape index (κ3) is 4.73. The fraction of sp³-hybridized carbons (Fsp3) is 0.625. The Labute approximate surface area is 163 Å². The minimum absolute atomic E-state index is 0.0384. The Morgan fingerprint density at radius 2 is 1.86 bits per heavy atom. The summed E-state index contributed by atoms with van der Waals surface area (Å²) in [5, 5.41) is 4.32. The third-order valence-electron chi connectivity index (χ3n) is 5.00. The van der Waals surface area contributed by atoms with Gasteiger partial charge in [-0.05, 0) is 31.4 Å². The second kappa shape index (κ2) is 7.84. The van der Waals surface area contributed by atoms with Crippen LogP contribution in [0, 0.1) is 0 Å². The molecule has 2 N–H and O–H groups in total. The molecular weight excluding hydrogens is 412 g/mol. The molecule has 156 valence electrons. The van der Waals surface area contributed by atoms with Gasteiger partial charge in [0.25, 0.3) is 15.9 Å². The maximum atomic E-state index is 12.7. The van der Waals surface area contributed by atoms with Crippen molar-refractivity contribution < 1.29 is 35.6 Å². The summed E-state index contributed by atoms with van der Waals surface area (Å²) in [6.45, 7) is -0.586. The van der Waals surface area contributed by atoms with Crippen molar-refractivity contribution in [3.05, 3.63) is 17.9 Å². The molecule has 0 radical (unpaired) electrons. The Hall–Kier alpha value is -1.92. The predicted octanol–water partition coefficient (Wildman–Crippen LogP) is 0.0421. The summed E-state index contributed by atoms with van der Waals surface area (Å²) in [6, 6.07) is 1.62. The molecule has 0 aromatic carbocycles. The van der Waals surface area contributed by atoms with E-state index in [1.165, 1.54) is 0 Å². The number of sulfone groups is 1. The zero-order chi connectivity index (χ0) is 20.5. The first kappa shape index (κ1) is 20.8. The van der Waals surface area contributed by atoms with E-state index in [1.54, 1.807) is 4.90 Å². The number of hydrogen-bond donors (Lipinski definition) is 1. The van der Waals surface area contributed by atoms with Gasteiger partial charge in [-0.3, -0.25) is 4.79 Å². The molecule has 1 amide bonds. The molecule has 1 aliphatic carbocycles. The van der Waals surface area contributed by atoms with Crippen LogP contribution in [0.2, 0.25) is 0 Å². The molecule has 1 saturated carbocycles. The number of esters is 1. The van der Waals surface area contributed by atoms with Crippen molar-refractivity contribution in [2.45, 2.75) is 49.3 Å². The monoisotopic (exact) mass is 434 g/mol. The lowest BCUT2D eigenvalue weighted by Gasteiger charge is -2.33. The van der Waals surface area contributed by atoms with E-state index in [1.807, 2.05) is 0 Å². The summed E-state index contributed by atoms with van der Waals surface area (Å²) in [4.78, 5) is 26.3. The lowest BCUT2D eigenvalue weighted by Crippen LogP contribution is -2.48. The largest absolute Gasteiger partial charge is 0.450 e. The maximum absolute atomic E-state index is 12.7. The van der Waals surface area contributed by atoms with E-state index in [2.05, 4.69) is 0 Å². The lowest BCUT2D eigenvalue weighted by molar-refractivity contribution is -0.139. The van der Waals surface area contributed by atoms with Crippen LogP contribution in [0.4, 0.5) is 0 Å². The average molecular weight is 434 g/mol. The Morgan fingerprint density at radius 1 is 1.18 bits per heavy atom. The molecule has 10 nitrogen and oxygen atoms in total. The number of primary sulfonamides is 1. The molecule has 28 heavy (non-hydrogen) atoms. The topological polar surface area (TPSA) is 154 Å². The van der Waals surface area contributed by atoms with E-state index >= 15 is 0 Å². The Kier molecular flexibility index (Phi) is 5.82. The molecule has 1 aliphatic heterocycles. The molecule has 2 aliphatic rings. The van der Waals surface area contributed by atoms with Crippen LogP contribution in [0.3, 0.4) is 0 Å². The fourth-order valence-electron chi connectivity index (χ4n) is 3.74. The number of nitrogens with zero attached hydrogens (tertiary/aromatic N) is 1. The van der Waals surface area contributed by atoms with Crippen LogP contribution in [-0.4, -0.2) is 63.8 Å². The molecule has 1 unspecified atom stereocenters. The highest BCUT2D eigenvalue weighted by molar-refractivity contribution is 7.91. The summed E-state index contributed by atoms with van der Waals surface area (Å²) in [5.41, 5.74) is 0. The first-order valence-corrected chi connectivity index (χ1v) is 12.2. The van der Waals surface area contributed by atoms with Crippen LogP contribution in [0.15, 0.2) is 21.6 Å². The van der Waals surface area contributed by atoms with Gasteiger partial charge in [0.2, 0.25) is 10.9 Å². The van der Waals surface area contributed by atoms with Gasteiger partial charge in [0.05, 0.1) is 11.5 Å². The number of ether oxygens (including phenoxy) is 1. The molecule has 2 fully saturated rings. The lowest BCUT2D eigenvalue weighted by atomic mass is 10.1. The van der Waals surface area contributed by atoms with Crippen LogP contribution in [0.25, 0.3) is 0 Å². The van der Waals surface area contributed by atoms with Crippen LogP contribution in [0.5, 0.6) is 0 Å². The smallest absolute Gasteiger partial charge is 0.374 e. The standard InChI is InChI=1S/C16H22N2O8S2/c17-28(23,24)15-6-5-13(26-15)16(20)25-9-14(19)18(11-3-1-2-4-11)12-7-8-27(21,22)10-12/h5-6,11-12H,1-4,7-10H2,(H2,17,23,24). The molecule has 1 atom stereocenters. The fourth-order valence-corrected chi connectivity index (χ4v) is 5.91. The second-order valence-electron chi connectivity index (χ2n) is 7.04. The first-order chi connectivity index (χ1) is 13.1. The van der Waals surface area contributed by atoms with Gasteiger partial charge >= 0.3 is 5.97 Å². The highest BCUT2D eigenvalue weighted by Gasteiger charge is 2.39. The highest BCUT2D eigenvalue weighted by atomic mass is 32.2. The van der Waals surface area contributed by atoms with E-state index in [9.17, 15) is 26.4 Å². The highest BCUT2D eigenvalue weighted by Crippen LogP contribution is 2.29. The number of carbonyl (C=O) groups is 2. The van der Waals surface area contributed by atoms with Crippen molar-refractivity contribution in [1.82, 2.24) is 4.90 Å². The summed E-state index contributed by atoms with van der Waals surface area (Å²) in [6.07, 6.45) is 3.85. The molecular formula is C16H22N2O8S2. The van der Waals surface area contributed by atoms with E-state index in [4.69, 9.17) is 14.3 Å². The van der Waals surface area contributed by atoms with Crippen LogP contribution in [0.1, 0.15) is 42.7 Å². The number of carbonyl (C=O) groups excluding carboxylic acids is 2. The average Bonchev–Trinajstić information content (AvgIpc) is 3.33. The molecule has 0 bridgehead atoms. The summed E-state index contributed by atoms with van der Waals surface area (Å²) in [5.74, 6) is -1.92. The van der Waals surface area contributed by atoms with Gasteiger partial charge in [-0.2, -0.15) is 0 Å². The maximum Gasteiger partial charge on any atom is 0.374 e. The molecule has 1 aromatic rings. The van der Waals surface area contributed by atoms with Gasteiger partial charge < -0.3 is 14.1 Å². The molecule has 12 heteroatoms. The van der Waals surface area contributed by atoms with Gasteiger partial charge in [0.1, 0.15) is 0 Å². The summed E-state index contributed by atoms with van der Waals surface area (Å²) in [7, 11) is -7.27. The van der Waals surface area contributed by atoms with Crippen molar-refractivity contribution in [1.29, 1.82) is 0 Å². The summed E-state index contributed by atoms with van der Waals surface area (Å²) < 4.78 is 55.8. The van der Waals surface area contributed by atoms with Crippen molar-refractivity contribution in [3.63, 3.8) is 0 Å². The van der Waals surface area contributed by atoms with E-state index in [-0.39, 0.29) is 17.5 Å². The number of hydrogen-bond acceptors (Lipinski definition) is 8. The van der Waals surface area contributed by atoms with Crippen LogP contribution < -0.4 is 5.14 Å². The van der Waals surface area contributed by atoms with Gasteiger partial charge in [0.15, 0.2) is 16.4 Å². The van der Waals surface area contributed by atoms with Crippen LogP contribution in [-0.2, 0) is 29.4 Å². The van der Waals surface area contributed by atoms with Gasteiger partial charge in [-0.25, -0.2) is 26.8 Å². The number of nitrogens with two attached hydrogens (primary N) is 1. The van der Waals surface area contributed by atoms with Crippen molar-refractivity contribution in [2.75, 3.05) is 18.1 Å². The predicted molar refractivity (Wildman–Crippen MR) is 96.5 cm³/mol. The van der Waals surface area contributed by atoms with E-state index in [0.717, 1.165) is 37.8 Å². The Bertz CT molecular complexity index is 961. The van der Waals surface area contributed by atoms with Crippen molar-refractivity contribution in [3.8, 4) is 0 Å². The number of rotatable bonds is 6. The van der Waals surface area contributed by atoms with E-state index in [0.29, 0.717) is 6.42 Å². The number of furan rings is 1. The number of amides is 1. The van der Waals surface area contributed by atoms with Gasteiger partial charge in [0, 0.05) is 12.1 Å². The second-order valence-corrected chi connectivity index (χ2v) is 10.8. The zero-order valence-electron chi connectivity index (χ0n) is 15.1. The molecule has 2 heterocycles. The van der Waals surface area contributed by atoms with Crippen LogP contribution >= 0.6 is 0 Å². The number of sulfonamides is 1. The quantitative estimate of drug-likeness (QED) is 0.616. The molecule has 1 aromatic heterocycles. The first-order valence-electron chi connectivity index (χ1n) is 8.88. The third-order valence-corrected chi connectivity index (χ3v) is 7.53. The van der Waals surface area contributed by atoms with E-state index < -0.39 is 55.2 Å².